The van der Waals surface area contributed by atoms with Crippen LogP contribution in [0.3, 0.4) is 0 Å². The number of nitrogens with zero attached hydrogens (tertiary/aromatic N) is 3. The first-order chi connectivity index (χ1) is 13.2. The fourth-order valence-electron chi connectivity index (χ4n) is 3.25. The molecule has 2 heterocycles. The van der Waals surface area contributed by atoms with E-state index in [4.69, 9.17) is 5.73 Å². The molecule has 1 amide bonds. The molecule has 0 saturated carbocycles. The van der Waals surface area contributed by atoms with Crippen LogP contribution >= 0.6 is 0 Å². The van der Waals surface area contributed by atoms with Crippen LogP contribution in [0.4, 0.5) is 11.8 Å². The summed E-state index contributed by atoms with van der Waals surface area (Å²) in [5.41, 5.74) is 10.0. The van der Waals surface area contributed by atoms with Crippen LogP contribution in [0.5, 0.6) is 0 Å². The van der Waals surface area contributed by atoms with E-state index in [0.29, 0.717) is 18.1 Å². The first-order valence-corrected chi connectivity index (χ1v) is 8.97. The van der Waals surface area contributed by atoms with E-state index in [9.17, 15) is 4.79 Å². The Hall–Kier alpha value is -3.41. The highest BCUT2D eigenvalue weighted by Crippen LogP contribution is 2.23. The largest absolute Gasteiger partial charge is 0.383 e. The van der Waals surface area contributed by atoms with Gasteiger partial charge in [0.2, 0.25) is 5.95 Å². The Bertz CT molecular complexity index is 958. The van der Waals surface area contributed by atoms with Crippen LogP contribution < -0.4 is 16.0 Å². The van der Waals surface area contributed by atoms with Gasteiger partial charge in [0.05, 0.1) is 5.56 Å². The molecule has 1 aliphatic heterocycles. The van der Waals surface area contributed by atoms with Gasteiger partial charge in [0.1, 0.15) is 5.82 Å². The summed E-state index contributed by atoms with van der Waals surface area (Å²) in [6.45, 7) is 2.01. The highest BCUT2D eigenvalue weighted by atomic mass is 16.1. The number of anilines is 2. The minimum Gasteiger partial charge on any atom is -0.383 e. The van der Waals surface area contributed by atoms with E-state index >= 15 is 0 Å². The molecular formula is C21H21N5O. The van der Waals surface area contributed by atoms with Gasteiger partial charge in [-0.05, 0) is 23.1 Å². The van der Waals surface area contributed by atoms with Gasteiger partial charge < -0.3 is 16.0 Å². The van der Waals surface area contributed by atoms with Crippen molar-refractivity contribution in [1.82, 2.24) is 15.3 Å². The number of carbonyl (C=O) groups is 1. The van der Waals surface area contributed by atoms with Crippen molar-refractivity contribution in [3.8, 4) is 0 Å². The molecule has 0 fully saturated rings. The maximum atomic E-state index is 12.4. The lowest BCUT2D eigenvalue weighted by atomic mass is 10.0. The van der Waals surface area contributed by atoms with Gasteiger partial charge in [-0.25, -0.2) is 4.98 Å². The molecule has 136 valence electrons. The molecule has 0 radical (unpaired) electrons. The zero-order valence-electron chi connectivity index (χ0n) is 14.9. The average molecular weight is 359 g/mol. The number of nitrogen functional groups attached to an aromatic ring is 1. The van der Waals surface area contributed by atoms with Crippen molar-refractivity contribution in [1.29, 1.82) is 0 Å². The predicted molar refractivity (Wildman–Crippen MR) is 105 cm³/mol. The summed E-state index contributed by atoms with van der Waals surface area (Å²) < 4.78 is 0. The van der Waals surface area contributed by atoms with Gasteiger partial charge in [0, 0.05) is 25.8 Å². The highest BCUT2D eigenvalue weighted by molar-refractivity contribution is 5.98. The Morgan fingerprint density at radius 3 is 2.59 bits per heavy atom. The Labute approximate surface area is 158 Å². The van der Waals surface area contributed by atoms with E-state index in [1.165, 1.54) is 17.3 Å². The lowest BCUT2D eigenvalue weighted by Gasteiger charge is -2.29. The van der Waals surface area contributed by atoms with E-state index in [2.05, 4.69) is 38.4 Å². The Morgan fingerprint density at radius 2 is 1.81 bits per heavy atom. The number of rotatable bonds is 4. The molecule has 1 aliphatic rings. The quantitative estimate of drug-likeness (QED) is 0.748. The van der Waals surface area contributed by atoms with Crippen LogP contribution in [-0.4, -0.2) is 22.4 Å². The Morgan fingerprint density at radius 1 is 1.07 bits per heavy atom. The summed E-state index contributed by atoms with van der Waals surface area (Å²) in [7, 11) is 0. The molecule has 0 saturated heterocycles. The number of hydrogen-bond acceptors (Lipinski definition) is 5. The number of hydrogen-bond donors (Lipinski definition) is 2. The number of benzene rings is 2. The van der Waals surface area contributed by atoms with Crippen molar-refractivity contribution in [2.45, 2.75) is 19.5 Å². The monoisotopic (exact) mass is 359 g/mol. The number of carbonyl (C=O) groups excluding carboxylic acids is 1. The van der Waals surface area contributed by atoms with Crippen LogP contribution in [-0.2, 0) is 19.5 Å². The smallest absolute Gasteiger partial charge is 0.256 e. The molecule has 1 aromatic heterocycles. The van der Waals surface area contributed by atoms with E-state index in [-0.39, 0.29) is 11.7 Å². The second-order valence-corrected chi connectivity index (χ2v) is 6.58. The molecular weight excluding hydrogens is 338 g/mol. The van der Waals surface area contributed by atoms with Gasteiger partial charge in [-0.15, -0.1) is 0 Å². The predicted octanol–water partition coefficient (Wildman–Crippen LogP) is 2.55. The van der Waals surface area contributed by atoms with E-state index < -0.39 is 0 Å². The molecule has 27 heavy (non-hydrogen) atoms. The third-order valence-electron chi connectivity index (χ3n) is 4.76. The number of nitrogens with one attached hydrogen (secondary N) is 1. The number of amides is 1. The third kappa shape index (κ3) is 3.74. The van der Waals surface area contributed by atoms with Crippen molar-refractivity contribution >= 4 is 17.7 Å². The lowest BCUT2D eigenvalue weighted by Crippen LogP contribution is -2.32. The number of nitrogens with two attached hydrogens (primary N) is 1. The van der Waals surface area contributed by atoms with E-state index in [0.717, 1.165) is 25.1 Å². The normalized spacial score (nSPS) is 13.1. The van der Waals surface area contributed by atoms with Gasteiger partial charge in [0.25, 0.3) is 5.91 Å². The maximum Gasteiger partial charge on any atom is 0.256 e. The first kappa shape index (κ1) is 17.0. The topological polar surface area (TPSA) is 84.1 Å². The summed E-state index contributed by atoms with van der Waals surface area (Å²) in [4.78, 5) is 23.3. The van der Waals surface area contributed by atoms with Crippen molar-refractivity contribution in [3.05, 3.63) is 83.0 Å². The zero-order valence-corrected chi connectivity index (χ0v) is 14.9. The van der Waals surface area contributed by atoms with Crippen LogP contribution in [0.25, 0.3) is 0 Å². The molecule has 0 aliphatic carbocycles. The average Bonchev–Trinajstić information content (AvgIpc) is 2.72. The summed E-state index contributed by atoms with van der Waals surface area (Å²) in [5, 5.41) is 2.86. The van der Waals surface area contributed by atoms with Crippen molar-refractivity contribution in [2.24, 2.45) is 0 Å². The summed E-state index contributed by atoms with van der Waals surface area (Å²) in [5.74, 6) is 0.484. The van der Waals surface area contributed by atoms with E-state index in [1.54, 1.807) is 0 Å². The molecule has 2 aromatic carbocycles. The summed E-state index contributed by atoms with van der Waals surface area (Å²) in [6.07, 6.45) is 2.46. The zero-order chi connectivity index (χ0) is 18.6. The fourth-order valence-corrected chi connectivity index (χ4v) is 3.25. The van der Waals surface area contributed by atoms with Gasteiger partial charge >= 0.3 is 0 Å². The molecule has 3 aromatic rings. The minimum atomic E-state index is -0.271. The van der Waals surface area contributed by atoms with Gasteiger partial charge in [-0.1, -0.05) is 54.6 Å². The highest BCUT2D eigenvalue weighted by Gasteiger charge is 2.20. The van der Waals surface area contributed by atoms with Crippen LogP contribution in [0.1, 0.15) is 27.0 Å². The van der Waals surface area contributed by atoms with Gasteiger partial charge in [-0.2, -0.15) is 4.98 Å². The van der Waals surface area contributed by atoms with Crippen LogP contribution in [0.15, 0.2) is 60.8 Å². The molecule has 0 bridgehead atoms. The molecule has 6 heteroatoms. The fraction of sp³-hybridized carbons (Fsp3) is 0.190. The van der Waals surface area contributed by atoms with E-state index in [1.807, 2.05) is 36.4 Å². The van der Waals surface area contributed by atoms with Crippen LogP contribution in [0.2, 0.25) is 0 Å². The second kappa shape index (κ2) is 7.45. The first-order valence-electron chi connectivity index (χ1n) is 8.97. The Kier molecular flexibility index (Phi) is 4.70. The standard InChI is InChI=1S/C21H21N5O/c22-19-18(20(27)23-12-15-6-2-1-3-7-15)13-24-21(25-19)26-11-10-16-8-4-5-9-17(16)14-26/h1-9,13H,10-12,14H2,(H,23,27)(H2,22,24,25). The molecule has 3 N–H and O–H groups in total. The van der Waals surface area contributed by atoms with Crippen molar-refractivity contribution < 1.29 is 4.79 Å². The summed E-state index contributed by atoms with van der Waals surface area (Å²) in [6, 6.07) is 18.1. The van der Waals surface area contributed by atoms with Gasteiger partial charge in [-0.3, -0.25) is 4.79 Å². The number of aromatic nitrogens is 2. The summed E-state index contributed by atoms with van der Waals surface area (Å²) >= 11 is 0. The van der Waals surface area contributed by atoms with Gasteiger partial charge in [0.15, 0.2) is 0 Å². The third-order valence-corrected chi connectivity index (χ3v) is 4.76. The minimum absolute atomic E-state index is 0.199. The Balaban J connectivity index is 1.45. The van der Waals surface area contributed by atoms with Crippen molar-refractivity contribution in [3.63, 3.8) is 0 Å². The molecule has 0 atom stereocenters. The number of fused-ring (bicyclic) bond motifs is 1. The maximum absolute atomic E-state index is 12.4. The van der Waals surface area contributed by atoms with Crippen LogP contribution in [0, 0.1) is 0 Å². The van der Waals surface area contributed by atoms with Crippen molar-refractivity contribution in [2.75, 3.05) is 17.2 Å². The SMILES string of the molecule is Nc1nc(N2CCc3ccccc3C2)ncc1C(=O)NCc1ccccc1. The molecule has 0 spiro atoms. The lowest BCUT2D eigenvalue weighted by molar-refractivity contribution is 0.0951. The second-order valence-electron chi connectivity index (χ2n) is 6.58. The molecule has 0 unspecified atom stereocenters. The molecule has 6 nitrogen and oxygen atoms in total. The molecule has 4 rings (SSSR count).